The van der Waals surface area contributed by atoms with E-state index in [0.29, 0.717) is 34.9 Å². The number of benzene rings is 2. The van der Waals surface area contributed by atoms with Crippen LogP contribution in [-0.2, 0) is 14.8 Å². The Morgan fingerprint density at radius 1 is 1.10 bits per heavy atom. The van der Waals surface area contributed by atoms with Gasteiger partial charge >= 0.3 is 0 Å². The van der Waals surface area contributed by atoms with Gasteiger partial charge < -0.3 is 30.9 Å². The minimum absolute atomic E-state index is 0.119. The Morgan fingerprint density at radius 3 is 2.41 bits per heavy atom. The van der Waals surface area contributed by atoms with E-state index in [0.717, 1.165) is 12.8 Å². The van der Waals surface area contributed by atoms with E-state index < -0.39 is 15.9 Å². The first kappa shape index (κ1) is 31.7. The number of carbonyl (C=O) groups is 1. The number of methoxy groups -OCH3 is 1. The average molecular weight is 624 g/mol. The molecule has 0 spiro atoms. The Morgan fingerprint density at radius 2 is 1.80 bits per heavy atom. The third-order valence-corrected chi connectivity index (χ3v) is 6.95. The molecule has 220 valence electrons. The lowest BCUT2D eigenvalue weighted by Crippen LogP contribution is -2.29. The molecule has 3 rings (SSSR count). The van der Waals surface area contributed by atoms with Crippen LogP contribution in [0.4, 0.5) is 34.5 Å². The summed E-state index contributed by atoms with van der Waals surface area (Å²) in [6.07, 6.45) is 2.38. The van der Waals surface area contributed by atoms with Crippen molar-refractivity contribution in [2.75, 3.05) is 67.9 Å². The van der Waals surface area contributed by atoms with E-state index in [2.05, 4.69) is 31.9 Å². The zero-order valence-electron chi connectivity index (χ0n) is 23.2. The molecule has 1 amide bonds. The molecular formula is C26H32Cl2N8O4S. The van der Waals surface area contributed by atoms with Gasteiger partial charge in [-0.3, -0.25) is 9.52 Å². The van der Waals surface area contributed by atoms with Crippen LogP contribution in [0.25, 0.3) is 5.57 Å². The minimum Gasteiger partial charge on any atom is -0.494 e. The van der Waals surface area contributed by atoms with Crippen molar-refractivity contribution < 1.29 is 17.9 Å². The number of halogens is 2. The van der Waals surface area contributed by atoms with Gasteiger partial charge in [0.2, 0.25) is 21.9 Å². The summed E-state index contributed by atoms with van der Waals surface area (Å²) in [6.45, 7) is 5.31. The highest BCUT2D eigenvalue weighted by molar-refractivity contribution is 7.92. The predicted molar refractivity (Wildman–Crippen MR) is 167 cm³/mol. The Balaban J connectivity index is 2.02. The molecule has 0 radical (unpaired) electrons. The van der Waals surface area contributed by atoms with Crippen LogP contribution in [0.3, 0.4) is 0 Å². The van der Waals surface area contributed by atoms with Crippen molar-refractivity contribution in [2.45, 2.75) is 0 Å². The topological polar surface area (TPSA) is 155 Å². The van der Waals surface area contributed by atoms with Crippen molar-refractivity contribution in [3.8, 4) is 5.75 Å². The Hall–Kier alpha value is -3.78. The number of primary amides is 1. The fourth-order valence-corrected chi connectivity index (χ4v) is 4.68. The number of anilines is 6. The van der Waals surface area contributed by atoms with Crippen LogP contribution in [0.15, 0.2) is 43.1 Å². The smallest absolute Gasteiger partial charge is 0.248 e. The van der Waals surface area contributed by atoms with Crippen molar-refractivity contribution >= 4 is 79.2 Å². The monoisotopic (exact) mass is 622 g/mol. The molecule has 0 atom stereocenters. The quantitative estimate of drug-likeness (QED) is 0.204. The van der Waals surface area contributed by atoms with Gasteiger partial charge in [-0.15, -0.1) is 0 Å². The molecule has 0 unspecified atom stereocenters. The number of nitrogens with zero attached hydrogens (tertiary/aromatic N) is 4. The Labute approximate surface area is 249 Å². The summed E-state index contributed by atoms with van der Waals surface area (Å²) >= 11 is 12.6. The largest absolute Gasteiger partial charge is 0.494 e. The van der Waals surface area contributed by atoms with Gasteiger partial charge in [-0.1, -0.05) is 35.8 Å². The highest BCUT2D eigenvalue weighted by Gasteiger charge is 2.20. The minimum atomic E-state index is -3.63. The van der Waals surface area contributed by atoms with Crippen LogP contribution in [0.1, 0.15) is 5.56 Å². The summed E-state index contributed by atoms with van der Waals surface area (Å²) in [5.74, 6) is 0.0702. The molecule has 41 heavy (non-hydrogen) atoms. The number of hydrogen-bond acceptors (Lipinski definition) is 10. The summed E-state index contributed by atoms with van der Waals surface area (Å²) in [7, 11) is 3.71. The highest BCUT2D eigenvalue weighted by Crippen LogP contribution is 2.38. The van der Waals surface area contributed by atoms with E-state index in [-0.39, 0.29) is 33.1 Å². The molecule has 2 aromatic carbocycles. The number of para-hydroxylation sites is 1. The summed E-state index contributed by atoms with van der Waals surface area (Å²) in [4.78, 5) is 24.8. The number of nitrogens with one attached hydrogen (secondary N) is 3. The van der Waals surface area contributed by atoms with Gasteiger partial charge in [0.05, 0.1) is 41.6 Å². The standard InChI is InChI=1S/C26H32Cl2N8O4S/c1-15(24(29)37)16-12-20(22(40-5)13-21(16)36(4)11-10-35(2)3)32-26-30-14-18(28)25(33-26)31-19-9-7-8-17(27)23(19)34-41(6,38)39/h7-9,12-14,34H,1,10-11H2,2-6H3,(H2,29,37)(H2,30,31,32,33). The number of nitrogens with two attached hydrogens (primary N) is 1. The number of likely N-dealkylation sites (N-methyl/N-ethyl adjacent to an activating group) is 2. The first-order valence-corrected chi connectivity index (χ1v) is 14.7. The maximum absolute atomic E-state index is 12.1. The molecule has 0 saturated carbocycles. The summed E-state index contributed by atoms with van der Waals surface area (Å²) in [6, 6.07) is 8.25. The number of rotatable bonds is 13. The van der Waals surface area contributed by atoms with Crippen LogP contribution in [0.5, 0.6) is 5.75 Å². The van der Waals surface area contributed by atoms with Gasteiger partial charge in [0.1, 0.15) is 10.8 Å². The van der Waals surface area contributed by atoms with Crippen LogP contribution in [-0.4, -0.2) is 76.8 Å². The number of aromatic nitrogens is 2. The maximum atomic E-state index is 12.1. The van der Waals surface area contributed by atoms with Gasteiger partial charge in [0.15, 0.2) is 5.82 Å². The second kappa shape index (κ2) is 13.3. The van der Waals surface area contributed by atoms with Gasteiger partial charge in [0, 0.05) is 43.0 Å². The normalized spacial score (nSPS) is 11.2. The number of hydrogen-bond donors (Lipinski definition) is 4. The Bertz CT molecular complexity index is 1570. The van der Waals surface area contributed by atoms with Gasteiger partial charge in [0.25, 0.3) is 0 Å². The van der Waals surface area contributed by atoms with E-state index in [1.807, 2.05) is 30.9 Å². The van der Waals surface area contributed by atoms with E-state index >= 15 is 0 Å². The fraction of sp³-hybridized carbons (Fsp3) is 0.269. The molecule has 15 heteroatoms. The van der Waals surface area contributed by atoms with E-state index in [9.17, 15) is 13.2 Å². The predicted octanol–water partition coefficient (Wildman–Crippen LogP) is 4.15. The number of ether oxygens (including phenoxy) is 1. The molecule has 0 fully saturated rings. The summed E-state index contributed by atoms with van der Waals surface area (Å²) in [5, 5.41) is 6.42. The van der Waals surface area contributed by atoms with Crippen LogP contribution in [0.2, 0.25) is 10.0 Å². The number of carbonyl (C=O) groups excluding carboxylic acids is 1. The number of sulfonamides is 1. The van der Waals surface area contributed by atoms with E-state index in [4.69, 9.17) is 33.7 Å². The molecule has 0 aliphatic carbocycles. The molecule has 1 aromatic heterocycles. The van der Waals surface area contributed by atoms with Gasteiger partial charge in [-0.05, 0) is 32.3 Å². The maximum Gasteiger partial charge on any atom is 0.248 e. The average Bonchev–Trinajstić information content (AvgIpc) is 2.89. The Kier molecular flexibility index (Phi) is 10.3. The van der Waals surface area contributed by atoms with Crippen molar-refractivity contribution in [1.82, 2.24) is 14.9 Å². The molecule has 0 bridgehead atoms. The summed E-state index contributed by atoms with van der Waals surface area (Å²) < 4.78 is 31.8. The number of amides is 1. The van der Waals surface area contributed by atoms with Crippen molar-refractivity contribution in [3.05, 3.63) is 58.7 Å². The van der Waals surface area contributed by atoms with E-state index in [1.54, 1.807) is 30.3 Å². The van der Waals surface area contributed by atoms with Gasteiger partial charge in [-0.25, -0.2) is 13.4 Å². The van der Waals surface area contributed by atoms with Crippen molar-refractivity contribution in [3.63, 3.8) is 0 Å². The lowest BCUT2D eigenvalue weighted by Gasteiger charge is -2.26. The van der Waals surface area contributed by atoms with Crippen molar-refractivity contribution in [2.24, 2.45) is 5.73 Å². The molecule has 12 nitrogen and oxygen atoms in total. The van der Waals surface area contributed by atoms with Crippen molar-refractivity contribution in [1.29, 1.82) is 0 Å². The van der Waals surface area contributed by atoms with E-state index in [1.165, 1.54) is 13.3 Å². The molecule has 0 aliphatic heterocycles. The lowest BCUT2D eigenvalue weighted by atomic mass is 10.0. The first-order valence-electron chi connectivity index (χ1n) is 12.1. The molecule has 5 N–H and O–H groups in total. The molecule has 3 aromatic rings. The summed E-state index contributed by atoms with van der Waals surface area (Å²) in [5.41, 5.74) is 7.79. The molecule has 1 heterocycles. The lowest BCUT2D eigenvalue weighted by molar-refractivity contribution is -0.112. The second-order valence-corrected chi connectivity index (χ2v) is 11.9. The third-order valence-electron chi connectivity index (χ3n) is 5.78. The zero-order chi connectivity index (χ0) is 30.5. The molecular weight excluding hydrogens is 591 g/mol. The van der Waals surface area contributed by atoms with Crippen LogP contribution < -0.4 is 30.7 Å². The van der Waals surface area contributed by atoms with Crippen LogP contribution in [0, 0.1) is 0 Å². The highest BCUT2D eigenvalue weighted by atomic mass is 35.5. The SMILES string of the molecule is C=C(C(N)=O)c1cc(Nc2ncc(Cl)c(Nc3cccc(Cl)c3NS(C)(=O)=O)n2)c(OC)cc1N(C)CCN(C)C. The zero-order valence-corrected chi connectivity index (χ0v) is 25.6. The van der Waals surface area contributed by atoms with Gasteiger partial charge in [-0.2, -0.15) is 4.98 Å². The van der Waals surface area contributed by atoms with Crippen LogP contribution >= 0.6 is 23.2 Å². The third kappa shape index (κ3) is 8.36. The molecule has 0 saturated heterocycles. The molecule has 0 aliphatic rings. The fourth-order valence-electron chi connectivity index (χ4n) is 3.68. The second-order valence-electron chi connectivity index (χ2n) is 9.31. The first-order chi connectivity index (χ1) is 19.2.